The number of aromatic nitrogens is 1. The Morgan fingerprint density at radius 1 is 1.28 bits per heavy atom. The van der Waals surface area contributed by atoms with Crippen molar-refractivity contribution in [2.75, 3.05) is 13.2 Å². The van der Waals surface area contributed by atoms with E-state index in [2.05, 4.69) is 4.98 Å². The number of nitrogens with one attached hydrogen (secondary N) is 1. The van der Waals surface area contributed by atoms with Gasteiger partial charge in [0.05, 0.1) is 12.2 Å². The Labute approximate surface area is 105 Å². The van der Waals surface area contributed by atoms with Gasteiger partial charge in [0.15, 0.2) is 6.61 Å². The van der Waals surface area contributed by atoms with Crippen LogP contribution in [0.25, 0.3) is 0 Å². The maximum atomic E-state index is 11.7. The van der Waals surface area contributed by atoms with E-state index in [-0.39, 0.29) is 24.5 Å². The lowest BCUT2D eigenvalue weighted by Crippen LogP contribution is -2.09. The van der Waals surface area contributed by atoms with E-state index in [1.165, 1.54) is 0 Å². The van der Waals surface area contributed by atoms with Crippen molar-refractivity contribution in [3.05, 3.63) is 22.5 Å². The van der Waals surface area contributed by atoms with Gasteiger partial charge < -0.3 is 14.5 Å². The van der Waals surface area contributed by atoms with Crippen LogP contribution in [0.4, 0.5) is 0 Å². The Morgan fingerprint density at radius 2 is 1.94 bits per heavy atom. The summed E-state index contributed by atoms with van der Waals surface area (Å²) in [5, 5.41) is 8.35. The number of H-pyrrole nitrogens is 1. The van der Waals surface area contributed by atoms with Crippen molar-refractivity contribution in [1.82, 2.24) is 4.98 Å². The number of ether oxygens (including phenoxy) is 2. The Balaban J connectivity index is 3.05. The summed E-state index contributed by atoms with van der Waals surface area (Å²) in [6.07, 6.45) is 0. The van der Waals surface area contributed by atoms with Gasteiger partial charge in [0.2, 0.25) is 0 Å². The number of aromatic amines is 1. The molecular weight excluding hydrogens is 236 g/mol. The first-order chi connectivity index (χ1) is 8.52. The second kappa shape index (κ2) is 5.87. The van der Waals surface area contributed by atoms with E-state index < -0.39 is 11.9 Å². The molecule has 0 aliphatic carbocycles. The number of rotatable bonds is 4. The molecular formula is C12H14N2O4. The van der Waals surface area contributed by atoms with E-state index in [0.29, 0.717) is 11.3 Å². The minimum atomic E-state index is -0.627. The van der Waals surface area contributed by atoms with E-state index in [0.717, 1.165) is 0 Å². The molecule has 1 aromatic heterocycles. The molecule has 1 rings (SSSR count). The van der Waals surface area contributed by atoms with Crippen molar-refractivity contribution in [2.45, 2.75) is 20.8 Å². The van der Waals surface area contributed by atoms with Crippen LogP contribution < -0.4 is 0 Å². The van der Waals surface area contributed by atoms with Crippen LogP contribution in [0.3, 0.4) is 0 Å². The molecule has 0 aliphatic rings. The molecule has 0 radical (unpaired) electrons. The van der Waals surface area contributed by atoms with Crippen molar-refractivity contribution >= 4 is 11.9 Å². The third-order valence-electron chi connectivity index (χ3n) is 2.39. The minimum Gasteiger partial charge on any atom is -0.461 e. The average Bonchev–Trinajstić information content (AvgIpc) is 2.62. The van der Waals surface area contributed by atoms with E-state index in [4.69, 9.17) is 14.7 Å². The Morgan fingerprint density at radius 3 is 2.50 bits per heavy atom. The van der Waals surface area contributed by atoms with Gasteiger partial charge in [-0.3, -0.25) is 0 Å². The third kappa shape index (κ3) is 2.69. The first-order valence-corrected chi connectivity index (χ1v) is 5.43. The van der Waals surface area contributed by atoms with Crippen molar-refractivity contribution < 1.29 is 19.1 Å². The van der Waals surface area contributed by atoms with Gasteiger partial charge in [-0.15, -0.1) is 0 Å². The zero-order valence-electron chi connectivity index (χ0n) is 10.5. The summed E-state index contributed by atoms with van der Waals surface area (Å²) in [7, 11) is 0. The lowest BCUT2D eigenvalue weighted by Gasteiger charge is -2.02. The number of nitriles is 1. The maximum Gasteiger partial charge on any atom is 0.355 e. The predicted molar refractivity (Wildman–Crippen MR) is 62.1 cm³/mol. The first-order valence-electron chi connectivity index (χ1n) is 5.43. The van der Waals surface area contributed by atoms with Crippen LogP contribution in [0.2, 0.25) is 0 Å². The van der Waals surface area contributed by atoms with Gasteiger partial charge in [-0.25, -0.2) is 9.59 Å². The first kappa shape index (κ1) is 13.8. The fourth-order valence-corrected chi connectivity index (χ4v) is 1.63. The number of nitrogens with zero attached hydrogens (tertiary/aromatic N) is 1. The molecule has 0 aromatic carbocycles. The zero-order chi connectivity index (χ0) is 13.7. The van der Waals surface area contributed by atoms with Crippen LogP contribution in [0.5, 0.6) is 0 Å². The molecule has 0 saturated carbocycles. The second-order valence-corrected chi connectivity index (χ2v) is 3.58. The van der Waals surface area contributed by atoms with Crippen molar-refractivity contribution in [3.8, 4) is 6.07 Å². The minimum absolute atomic E-state index is 0.234. The standard InChI is InChI=1S/C12H14N2O4/c1-4-17-12(16)10-7(2)9(8(3)14-10)11(15)18-6-5-13/h14H,4,6H2,1-3H3. The van der Waals surface area contributed by atoms with E-state index >= 15 is 0 Å². The second-order valence-electron chi connectivity index (χ2n) is 3.58. The fourth-order valence-electron chi connectivity index (χ4n) is 1.63. The molecule has 96 valence electrons. The van der Waals surface area contributed by atoms with Crippen LogP contribution in [-0.4, -0.2) is 30.1 Å². The number of esters is 2. The summed E-state index contributed by atoms with van der Waals surface area (Å²) < 4.78 is 9.58. The molecule has 1 N–H and O–H groups in total. The normalized spacial score (nSPS) is 9.67. The van der Waals surface area contributed by atoms with Crippen LogP contribution >= 0.6 is 0 Å². The molecule has 0 fully saturated rings. The Hall–Kier alpha value is -2.29. The van der Waals surface area contributed by atoms with Crippen molar-refractivity contribution in [3.63, 3.8) is 0 Å². The molecule has 6 nitrogen and oxygen atoms in total. The summed E-state index contributed by atoms with van der Waals surface area (Å²) in [6, 6.07) is 1.71. The SMILES string of the molecule is CCOC(=O)c1[nH]c(C)c(C(=O)OCC#N)c1C. The Bertz CT molecular complexity index is 511. The molecule has 0 unspecified atom stereocenters. The fraction of sp³-hybridized carbons (Fsp3) is 0.417. The molecule has 0 saturated heterocycles. The number of hydrogen-bond donors (Lipinski definition) is 1. The van der Waals surface area contributed by atoms with Crippen LogP contribution in [0.1, 0.15) is 39.0 Å². The van der Waals surface area contributed by atoms with Crippen LogP contribution in [0.15, 0.2) is 0 Å². The average molecular weight is 250 g/mol. The molecule has 0 spiro atoms. The summed E-state index contributed by atoms with van der Waals surface area (Å²) >= 11 is 0. The van der Waals surface area contributed by atoms with Gasteiger partial charge >= 0.3 is 11.9 Å². The monoisotopic (exact) mass is 250 g/mol. The molecule has 1 aromatic rings. The number of carbonyl (C=O) groups is 2. The summed E-state index contributed by atoms with van der Waals surface area (Å²) in [5.74, 6) is -1.14. The van der Waals surface area contributed by atoms with Crippen molar-refractivity contribution in [1.29, 1.82) is 5.26 Å². The highest BCUT2D eigenvalue weighted by atomic mass is 16.5. The van der Waals surface area contributed by atoms with Gasteiger partial charge in [-0.1, -0.05) is 0 Å². The van der Waals surface area contributed by atoms with Gasteiger partial charge in [0, 0.05) is 5.69 Å². The van der Waals surface area contributed by atoms with Crippen LogP contribution in [0, 0.1) is 25.2 Å². The van der Waals surface area contributed by atoms with Crippen molar-refractivity contribution in [2.24, 2.45) is 0 Å². The van der Waals surface area contributed by atoms with Gasteiger partial charge in [0.25, 0.3) is 0 Å². The van der Waals surface area contributed by atoms with Crippen LogP contribution in [-0.2, 0) is 9.47 Å². The molecule has 1 heterocycles. The topological polar surface area (TPSA) is 92.2 Å². The lowest BCUT2D eigenvalue weighted by molar-refractivity contribution is 0.0519. The predicted octanol–water partition coefficient (Wildman–Crippen LogP) is 1.49. The molecule has 18 heavy (non-hydrogen) atoms. The lowest BCUT2D eigenvalue weighted by atomic mass is 10.1. The molecule has 0 amide bonds. The number of aryl methyl sites for hydroxylation is 1. The van der Waals surface area contributed by atoms with Gasteiger partial charge in [0.1, 0.15) is 11.8 Å². The molecule has 0 atom stereocenters. The summed E-state index contributed by atoms with van der Waals surface area (Å²) in [5.41, 5.74) is 1.49. The summed E-state index contributed by atoms with van der Waals surface area (Å²) in [6.45, 7) is 4.91. The van der Waals surface area contributed by atoms with E-state index in [1.54, 1.807) is 26.8 Å². The zero-order valence-corrected chi connectivity index (χ0v) is 10.5. The maximum absolute atomic E-state index is 11.7. The smallest absolute Gasteiger partial charge is 0.355 e. The van der Waals surface area contributed by atoms with Gasteiger partial charge in [-0.05, 0) is 26.3 Å². The highest BCUT2D eigenvalue weighted by Crippen LogP contribution is 2.19. The number of carbonyl (C=O) groups excluding carboxylic acids is 2. The number of hydrogen-bond acceptors (Lipinski definition) is 5. The van der Waals surface area contributed by atoms with E-state index in [1.807, 2.05) is 0 Å². The quantitative estimate of drug-likeness (QED) is 0.817. The molecule has 6 heteroatoms. The highest BCUT2D eigenvalue weighted by molar-refractivity contribution is 5.98. The largest absolute Gasteiger partial charge is 0.461 e. The molecule has 0 bridgehead atoms. The van der Waals surface area contributed by atoms with E-state index in [9.17, 15) is 9.59 Å². The Kier molecular flexibility index (Phi) is 4.49. The molecule has 0 aliphatic heterocycles. The summed E-state index contributed by atoms with van der Waals surface area (Å²) in [4.78, 5) is 26.1. The third-order valence-corrected chi connectivity index (χ3v) is 2.39. The van der Waals surface area contributed by atoms with Gasteiger partial charge in [-0.2, -0.15) is 5.26 Å². The highest BCUT2D eigenvalue weighted by Gasteiger charge is 2.23.